The lowest BCUT2D eigenvalue weighted by atomic mass is 9.99. The maximum atomic E-state index is 13.2. The van der Waals surface area contributed by atoms with Gasteiger partial charge < -0.3 is 5.32 Å². The normalized spacial score (nSPS) is 10.8. The Labute approximate surface area is 165 Å². The van der Waals surface area contributed by atoms with Gasteiger partial charge in [-0.2, -0.15) is 0 Å². The summed E-state index contributed by atoms with van der Waals surface area (Å²) in [6.45, 7) is 6.11. The summed E-state index contributed by atoms with van der Waals surface area (Å²) in [4.78, 5) is 18.0. The molecule has 0 unspecified atom stereocenters. The summed E-state index contributed by atoms with van der Waals surface area (Å²) in [6, 6.07) is 23.8. The minimum atomic E-state index is -0.126. The van der Waals surface area contributed by atoms with Crippen LogP contribution in [0, 0.1) is 20.8 Å². The number of hydrogen-bond acceptors (Lipinski definition) is 2. The molecule has 3 nitrogen and oxygen atoms in total. The average Bonchev–Trinajstić information content (AvgIpc) is 2.69. The standard InChI is InChI=1S/C25H22N2O/c1-16-9-11-20(12-10-16)26-25(28)22-15-23(19-7-5-4-6-8-19)27-24-18(3)13-17(2)14-21(22)24/h4-15H,1-3H3,(H,26,28). The number of hydrogen-bond donors (Lipinski definition) is 1. The summed E-state index contributed by atoms with van der Waals surface area (Å²) in [5.41, 5.74) is 7.41. The molecule has 1 amide bonds. The van der Waals surface area contributed by atoms with Crippen LogP contribution in [0.5, 0.6) is 0 Å². The Morgan fingerprint density at radius 2 is 1.54 bits per heavy atom. The van der Waals surface area contributed by atoms with Gasteiger partial charge in [-0.3, -0.25) is 4.79 Å². The van der Waals surface area contributed by atoms with Gasteiger partial charge in [-0.05, 0) is 50.6 Å². The SMILES string of the molecule is Cc1ccc(NC(=O)c2cc(-c3ccccc3)nc3c(C)cc(C)cc23)cc1. The molecule has 4 rings (SSSR count). The highest BCUT2D eigenvalue weighted by Gasteiger charge is 2.16. The quantitative estimate of drug-likeness (QED) is 0.477. The number of fused-ring (bicyclic) bond motifs is 1. The predicted octanol–water partition coefficient (Wildman–Crippen LogP) is 6.08. The molecule has 138 valence electrons. The molecule has 1 N–H and O–H groups in total. The van der Waals surface area contributed by atoms with Gasteiger partial charge in [-0.15, -0.1) is 0 Å². The first-order chi connectivity index (χ1) is 13.5. The van der Waals surface area contributed by atoms with Gasteiger partial charge in [0.2, 0.25) is 0 Å². The van der Waals surface area contributed by atoms with Gasteiger partial charge in [0.05, 0.1) is 16.8 Å². The van der Waals surface area contributed by atoms with E-state index in [1.165, 1.54) is 0 Å². The van der Waals surface area contributed by atoms with E-state index < -0.39 is 0 Å². The topological polar surface area (TPSA) is 42.0 Å². The first kappa shape index (κ1) is 17.9. The average molecular weight is 366 g/mol. The van der Waals surface area contributed by atoms with Crippen molar-refractivity contribution in [3.63, 3.8) is 0 Å². The van der Waals surface area contributed by atoms with E-state index in [0.717, 1.165) is 44.5 Å². The zero-order valence-corrected chi connectivity index (χ0v) is 16.3. The van der Waals surface area contributed by atoms with Gasteiger partial charge in [0.15, 0.2) is 0 Å². The first-order valence-corrected chi connectivity index (χ1v) is 9.37. The van der Waals surface area contributed by atoms with Crippen molar-refractivity contribution in [3.8, 4) is 11.3 Å². The summed E-state index contributed by atoms with van der Waals surface area (Å²) in [5.74, 6) is -0.126. The van der Waals surface area contributed by atoms with Crippen LogP contribution in [0.2, 0.25) is 0 Å². The molecule has 4 aromatic rings. The largest absolute Gasteiger partial charge is 0.322 e. The van der Waals surface area contributed by atoms with Crippen molar-refractivity contribution < 1.29 is 4.79 Å². The maximum absolute atomic E-state index is 13.2. The lowest BCUT2D eigenvalue weighted by Crippen LogP contribution is -2.13. The van der Waals surface area contributed by atoms with Crippen LogP contribution in [0.1, 0.15) is 27.0 Å². The summed E-state index contributed by atoms with van der Waals surface area (Å²) < 4.78 is 0. The smallest absolute Gasteiger partial charge is 0.256 e. The zero-order valence-electron chi connectivity index (χ0n) is 16.3. The monoisotopic (exact) mass is 366 g/mol. The summed E-state index contributed by atoms with van der Waals surface area (Å²) in [7, 11) is 0. The van der Waals surface area contributed by atoms with Gasteiger partial charge in [-0.1, -0.05) is 59.7 Å². The van der Waals surface area contributed by atoms with Crippen LogP contribution in [0.4, 0.5) is 5.69 Å². The summed E-state index contributed by atoms with van der Waals surface area (Å²) in [5, 5.41) is 3.91. The van der Waals surface area contributed by atoms with Crippen LogP contribution in [-0.2, 0) is 0 Å². The van der Waals surface area contributed by atoms with Crippen molar-refractivity contribution in [2.24, 2.45) is 0 Å². The summed E-state index contributed by atoms with van der Waals surface area (Å²) in [6.07, 6.45) is 0. The van der Waals surface area contributed by atoms with Crippen molar-refractivity contribution in [2.75, 3.05) is 5.32 Å². The molecule has 0 fully saturated rings. The maximum Gasteiger partial charge on any atom is 0.256 e. The number of carbonyl (C=O) groups excluding carboxylic acids is 1. The molecule has 0 saturated heterocycles. The molecular weight excluding hydrogens is 344 g/mol. The third kappa shape index (κ3) is 3.52. The lowest BCUT2D eigenvalue weighted by Gasteiger charge is -2.13. The second-order valence-corrected chi connectivity index (χ2v) is 7.22. The third-order valence-corrected chi connectivity index (χ3v) is 4.87. The number of amides is 1. The predicted molar refractivity (Wildman–Crippen MR) is 116 cm³/mol. The van der Waals surface area contributed by atoms with Gasteiger partial charge in [0.1, 0.15) is 0 Å². The molecule has 0 aliphatic heterocycles. The van der Waals surface area contributed by atoms with Gasteiger partial charge in [-0.25, -0.2) is 4.98 Å². The van der Waals surface area contributed by atoms with Crippen molar-refractivity contribution in [3.05, 3.63) is 95.1 Å². The zero-order chi connectivity index (χ0) is 19.7. The molecule has 0 spiro atoms. The number of benzene rings is 3. The Bertz CT molecular complexity index is 1160. The van der Waals surface area contributed by atoms with E-state index in [-0.39, 0.29) is 5.91 Å². The van der Waals surface area contributed by atoms with Crippen molar-refractivity contribution >= 4 is 22.5 Å². The highest BCUT2D eigenvalue weighted by molar-refractivity contribution is 6.13. The van der Waals surface area contributed by atoms with Gasteiger partial charge in [0.25, 0.3) is 5.91 Å². The Balaban J connectivity index is 1.87. The van der Waals surface area contributed by atoms with Crippen LogP contribution < -0.4 is 5.32 Å². The van der Waals surface area contributed by atoms with Crippen LogP contribution >= 0.6 is 0 Å². The first-order valence-electron chi connectivity index (χ1n) is 9.37. The Morgan fingerprint density at radius 1 is 0.821 bits per heavy atom. The molecule has 0 atom stereocenters. The minimum Gasteiger partial charge on any atom is -0.322 e. The van der Waals surface area contributed by atoms with Crippen LogP contribution in [-0.4, -0.2) is 10.9 Å². The van der Waals surface area contributed by atoms with Crippen LogP contribution in [0.25, 0.3) is 22.2 Å². The number of aromatic nitrogens is 1. The molecule has 3 heteroatoms. The second kappa shape index (κ2) is 7.28. The molecule has 1 aromatic heterocycles. The molecule has 28 heavy (non-hydrogen) atoms. The number of aryl methyl sites for hydroxylation is 3. The lowest BCUT2D eigenvalue weighted by molar-refractivity contribution is 0.102. The molecule has 0 aliphatic rings. The second-order valence-electron chi connectivity index (χ2n) is 7.22. The molecule has 3 aromatic carbocycles. The Kier molecular flexibility index (Phi) is 4.66. The van der Waals surface area contributed by atoms with Crippen LogP contribution in [0.3, 0.4) is 0 Å². The fourth-order valence-corrected chi connectivity index (χ4v) is 3.46. The third-order valence-electron chi connectivity index (χ3n) is 4.87. The van der Waals surface area contributed by atoms with E-state index in [1.807, 2.05) is 87.5 Å². The molecule has 1 heterocycles. The molecule has 0 radical (unpaired) electrons. The van der Waals surface area contributed by atoms with Gasteiger partial charge >= 0.3 is 0 Å². The van der Waals surface area contributed by atoms with E-state index in [4.69, 9.17) is 4.98 Å². The Hall–Kier alpha value is -3.46. The van der Waals surface area contributed by atoms with Crippen LogP contribution in [0.15, 0.2) is 72.8 Å². The number of anilines is 1. The minimum absolute atomic E-state index is 0.126. The van der Waals surface area contributed by atoms with Crippen molar-refractivity contribution in [2.45, 2.75) is 20.8 Å². The van der Waals surface area contributed by atoms with E-state index in [0.29, 0.717) is 5.56 Å². The Morgan fingerprint density at radius 3 is 2.25 bits per heavy atom. The van der Waals surface area contributed by atoms with Crippen molar-refractivity contribution in [1.29, 1.82) is 0 Å². The fraction of sp³-hybridized carbons (Fsp3) is 0.120. The summed E-state index contributed by atoms with van der Waals surface area (Å²) >= 11 is 0. The molecule has 0 saturated carbocycles. The molecule has 0 aliphatic carbocycles. The van der Waals surface area contributed by atoms with Gasteiger partial charge in [0, 0.05) is 16.6 Å². The van der Waals surface area contributed by atoms with Crippen molar-refractivity contribution in [1.82, 2.24) is 4.98 Å². The number of rotatable bonds is 3. The van der Waals surface area contributed by atoms with E-state index >= 15 is 0 Å². The highest BCUT2D eigenvalue weighted by atomic mass is 16.1. The molecular formula is C25H22N2O. The number of nitrogens with zero attached hydrogens (tertiary/aromatic N) is 1. The highest BCUT2D eigenvalue weighted by Crippen LogP contribution is 2.28. The number of nitrogens with one attached hydrogen (secondary N) is 1. The number of pyridine rings is 1. The van der Waals surface area contributed by atoms with E-state index in [9.17, 15) is 4.79 Å². The van der Waals surface area contributed by atoms with E-state index in [2.05, 4.69) is 11.4 Å². The molecule has 0 bridgehead atoms. The number of carbonyl (C=O) groups is 1. The van der Waals surface area contributed by atoms with E-state index in [1.54, 1.807) is 0 Å². The fourth-order valence-electron chi connectivity index (χ4n) is 3.46.